The predicted octanol–water partition coefficient (Wildman–Crippen LogP) is 2.57. The molecule has 1 aliphatic rings. The van der Waals surface area contributed by atoms with Crippen molar-refractivity contribution >= 4 is 11.7 Å². The van der Waals surface area contributed by atoms with Crippen LogP contribution in [0.25, 0.3) is 0 Å². The second-order valence-electron chi connectivity index (χ2n) is 7.56. The fourth-order valence-corrected chi connectivity index (χ4v) is 3.51. The Morgan fingerprint density at radius 2 is 1.67 bits per heavy atom. The maximum absolute atomic E-state index is 12.5. The highest BCUT2D eigenvalue weighted by molar-refractivity contribution is 5.83. The molecule has 1 rings (SSSR count). The van der Waals surface area contributed by atoms with Gasteiger partial charge in [-0.1, -0.05) is 11.6 Å². The first-order chi connectivity index (χ1) is 11.1. The predicted molar refractivity (Wildman–Crippen MR) is 98.8 cm³/mol. The van der Waals surface area contributed by atoms with Crippen LogP contribution >= 0.6 is 0 Å². The van der Waals surface area contributed by atoms with Gasteiger partial charge in [0.15, 0.2) is 5.84 Å². The number of likely N-dealkylation sites (tertiary alicyclic amines) is 1. The summed E-state index contributed by atoms with van der Waals surface area (Å²) >= 11 is 0. The van der Waals surface area contributed by atoms with Gasteiger partial charge >= 0.3 is 0 Å². The van der Waals surface area contributed by atoms with E-state index >= 15 is 0 Å². The molecule has 0 bridgehead atoms. The number of nitrogens with two attached hydrogens (primary N) is 1. The molecule has 6 heteroatoms. The number of carbonyl (C=O) groups excluding carboxylic acids is 1. The topological polar surface area (TPSA) is 71.2 Å². The minimum Gasteiger partial charge on any atom is -0.383 e. The van der Waals surface area contributed by atoms with Crippen molar-refractivity contribution in [1.29, 1.82) is 0 Å². The van der Waals surface area contributed by atoms with Crippen molar-refractivity contribution in [3.05, 3.63) is 0 Å². The van der Waals surface area contributed by atoms with E-state index in [-0.39, 0.29) is 18.0 Å². The summed E-state index contributed by atoms with van der Waals surface area (Å²) in [5.74, 6) is 0.368. The first-order valence-corrected chi connectivity index (χ1v) is 9.21. The average Bonchev–Trinajstić information content (AvgIpc) is 2.47. The fourth-order valence-electron chi connectivity index (χ4n) is 3.51. The summed E-state index contributed by atoms with van der Waals surface area (Å²) < 4.78 is 0. The van der Waals surface area contributed by atoms with Gasteiger partial charge in [-0.3, -0.25) is 9.69 Å². The molecule has 0 spiro atoms. The van der Waals surface area contributed by atoms with Gasteiger partial charge in [0, 0.05) is 24.2 Å². The lowest BCUT2D eigenvalue weighted by Gasteiger charge is -2.38. The molecule has 2 N–H and O–H groups in total. The van der Waals surface area contributed by atoms with Gasteiger partial charge in [-0.25, -0.2) is 0 Å². The number of piperidine rings is 1. The summed E-state index contributed by atoms with van der Waals surface area (Å²) in [5.41, 5.74) is 6.03. The number of rotatable bonds is 7. The molecular weight excluding hydrogens is 304 g/mol. The Morgan fingerprint density at radius 3 is 2.12 bits per heavy atom. The number of oxime groups is 1. The molecule has 0 aliphatic carbocycles. The molecule has 1 amide bonds. The largest absolute Gasteiger partial charge is 0.383 e. The standard InChI is InChI=1S/C18H36N4O2/c1-12(2)22(13(3)4)18(23)16(7)24-20-17(19)11-21-14(5)9-8-10-15(21)6/h12-16H,8-11H2,1-7H3,(H2,19,20)/t14-,15-,16+/m1/s1. The van der Waals surface area contributed by atoms with E-state index in [0.717, 1.165) is 0 Å². The molecule has 6 nitrogen and oxygen atoms in total. The van der Waals surface area contributed by atoms with Crippen LogP contribution in [-0.2, 0) is 9.63 Å². The fraction of sp³-hybridized carbons (Fsp3) is 0.889. The van der Waals surface area contributed by atoms with E-state index in [1.807, 2.05) is 32.6 Å². The van der Waals surface area contributed by atoms with Crippen LogP contribution in [0.5, 0.6) is 0 Å². The molecular formula is C18H36N4O2. The quantitative estimate of drug-likeness (QED) is 0.439. The second-order valence-corrected chi connectivity index (χ2v) is 7.56. The van der Waals surface area contributed by atoms with E-state index in [9.17, 15) is 4.79 Å². The zero-order valence-corrected chi connectivity index (χ0v) is 16.5. The monoisotopic (exact) mass is 340 g/mol. The second kappa shape index (κ2) is 9.25. The van der Waals surface area contributed by atoms with Gasteiger partial charge in [-0.05, 0) is 61.3 Å². The highest BCUT2D eigenvalue weighted by atomic mass is 16.6. The number of nitrogens with zero attached hydrogens (tertiary/aromatic N) is 3. The van der Waals surface area contributed by atoms with Gasteiger partial charge < -0.3 is 15.5 Å². The van der Waals surface area contributed by atoms with E-state index in [1.54, 1.807) is 6.92 Å². The van der Waals surface area contributed by atoms with E-state index in [4.69, 9.17) is 10.6 Å². The average molecular weight is 341 g/mol. The molecule has 0 aromatic heterocycles. The van der Waals surface area contributed by atoms with Crippen molar-refractivity contribution in [2.45, 2.75) is 98.0 Å². The molecule has 1 aliphatic heterocycles. The van der Waals surface area contributed by atoms with Crippen molar-refractivity contribution in [3.63, 3.8) is 0 Å². The number of hydrogen-bond acceptors (Lipinski definition) is 4. The molecule has 0 radical (unpaired) electrons. The highest BCUT2D eigenvalue weighted by Gasteiger charge is 2.27. The molecule has 0 saturated carbocycles. The molecule has 0 aromatic rings. The summed E-state index contributed by atoms with van der Waals surface area (Å²) in [6.07, 6.45) is 3.00. The third-order valence-corrected chi connectivity index (χ3v) is 4.76. The van der Waals surface area contributed by atoms with Crippen molar-refractivity contribution in [3.8, 4) is 0 Å². The SMILES string of the molecule is CC(C)N(C(=O)[C@H](C)O/N=C(/N)CN1[C@H](C)CCC[C@H]1C)C(C)C. The normalized spacial score (nSPS) is 24.3. The molecule has 0 aromatic carbocycles. The lowest BCUT2D eigenvalue weighted by Crippen LogP contribution is -2.48. The highest BCUT2D eigenvalue weighted by Crippen LogP contribution is 2.21. The summed E-state index contributed by atoms with van der Waals surface area (Å²) in [4.78, 5) is 22.1. The maximum atomic E-state index is 12.5. The zero-order chi connectivity index (χ0) is 18.4. The number of amides is 1. The number of hydrogen-bond donors (Lipinski definition) is 1. The number of amidine groups is 1. The lowest BCUT2D eigenvalue weighted by molar-refractivity contribution is -0.146. The van der Waals surface area contributed by atoms with Crippen molar-refractivity contribution in [1.82, 2.24) is 9.80 Å². The Morgan fingerprint density at radius 1 is 1.17 bits per heavy atom. The molecule has 1 fully saturated rings. The summed E-state index contributed by atoms with van der Waals surface area (Å²) in [7, 11) is 0. The summed E-state index contributed by atoms with van der Waals surface area (Å²) in [6, 6.07) is 1.25. The Balaban J connectivity index is 2.61. The van der Waals surface area contributed by atoms with Gasteiger partial charge in [0.2, 0.25) is 6.10 Å². The first kappa shape index (κ1) is 20.7. The zero-order valence-electron chi connectivity index (χ0n) is 16.5. The van der Waals surface area contributed by atoms with Gasteiger partial charge in [0.05, 0.1) is 6.54 Å². The Labute approximate surface area is 147 Å². The van der Waals surface area contributed by atoms with Crippen molar-refractivity contribution in [2.75, 3.05) is 6.54 Å². The molecule has 0 unspecified atom stereocenters. The van der Waals surface area contributed by atoms with E-state index in [0.29, 0.717) is 24.5 Å². The van der Waals surface area contributed by atoms with Gasteiger partial charge in [0.1, 0.15) is 0 Å². The smallest absolute Gasteiger partial charge is 0.266 e. The van der Waals surface area contributed by atoms with E-state index < -0.39 is 6.10 Å². The van der Waals surface area contributed by atoms with Gasteiger partial charge in [0.25, 0.3) is 5.91 Å². The van der Waals surface area contributed by atoms with Crippen LogP contribution in [0.15, 0.2) is 5.16 Å². The van der Waals surface area contributed by atoms with Crippen LogP contribution in [-0.4, -0.2) is 58.4 Å². The molecule has 24 heavy (non-hydrogen) atoms. The van der Waals surface area contributed by atoms with Crippen LogP contribution in [0.3, 0.4) is 0 Å². The molecule has 1 heterocycles. The van der Waals surface area contributed by atoms with Gasteiger partial charge in [-0.15, -0.1) is 0 Å². The Bertz CT molecular complexity index is 419. The lowest BCUT2D eigenvalue weighted by atomic mass is 9.97. The van der Waals surface area contributed by atoms with Crippen molar-refractivity contribution in [2.24, 2.45) is 10.9 Å². The summed E-state index contributed by atoms with van der Waals surface area (Å²) in [5, 5.41) is 4.01. The third kappa shape index (κ3) is 5.65. The van der Waals surface area contributed by atoms with Crippen molar-refractivity contribution < 1.29 is 9.63 Å². The molecule has 1 saturated heterocycles. The molecule has 3 atom stereocenters. The minimum absolute atomic E-state index is 0.0590. The van der Waals surface area contributed by atoms with Gasteiger partial charge in [-0.2, -0.15) is 0 Å². The van der Waals surface area contributed by atoms with Crippen LogP contribution in [0.2, 0.25) is 0 Å². The Kier molecular flexibility index (Phi) is 8.00. The maximum Gasteiger partial charge on any atom is 0.266 e. The Hall–Kier alpha value is -1.30. The van der Waals surface area contributed by atoms with Crippen LogP contribution < -0.4 is 5.73 Å². The van der Waals surface area contributed by atoms with Crippen LogP contribution in [0.4, 0.5) is 0 Å². The third-order valence-electron chi connectivity index (χ3n) is 4.76. The minimum atomic E-state index is -0.635. The van der Waals surface area contributed by atoms with E-state index in [1.165, 1.54) is 19.3 Å². The first-order valence-electron chi connectivity index (χ1n) is 9.21. The molecule has 140 valence electrons. The van der Waals surface area contributed by atoms with E-state index in [2.05, 4.69) is 23.9 Å². The summed E-state index contributed by atoms with van der Waals surface area (Å²) in [6.45, 7) is 14.8. The number of carbonyl (C=O) groups is 1. The van der Waals surface area contributed by atoms with Crippen LogP contribution in [0, 0.1) is 0 Å². The van der Waals surface area contributed by atoms with Crippen LogP contribution in [0.1, 0.15) is 67.7 Å².